The second-order valence-electron chi connectivity index (χ2n) is 5.64. The number of carbonyl (C=O) groups excluding carboxylic acids is 1. The maximum Gasteiger partial charge on any atom is 0.255 e. The highest BCUT2D eigenvalue weighted by Gasteiger charge is 2.07. The average molecular weight is 328 g/mol. The molecule has 0 saturated carbocycles. The molecule has 2 heterocycles. The standard InChI is InChI=1S/C20H16N4O/c25-20(15-6-8-18(9-7-15)24-12-1-2-13-24)22-17-5-3-4-16(14-17)19-10-11-21-23-19/h1-14H,(H,21,23)(H,22,25). The minimum absolute atomic E-state index is 0.138. The monoisotopic (exact) mass is 328 g/mol. The Hall–Kier alpha value is -3.60. The van der Waals surface area contributed by atoms with E-state index < -0.39 is 0 Å². The molecule has 0 spiro atoms. The van der Waals surface area contributed by atoms with Crippen molar-refractivity contribution in [3.63, 3.8) is 0 Å². The van der Waals surface area contributed by atoms with E-state index in [4.69, 9.17) is 0 Å². The zero-order valence-corrected chi connectivity index (χ0v) is 13.4. The number of carbonyl (C=O) groups is 1. The predicted octanol–water partition coefficient (Wildman–Crippen LogP) is 4.12. The van der Waals surface area contributed by atoms with Gasteiger partial charge in [0, 0.05) is 41.1 Å². The smallest absolute Gasteiger partial charge is 0.255 e. The van der Waals surface area contributed by atoms with Gasteiger partial charge in [0.1, 0.15) is 0 Å². The fraction of sp³-hybridized carbons (Fsp3) is 0. The minimum Gasteiger partial charge on any atom is -0.324 e. The van der Waals surface area contributed by atoms with Crippen LogP contribution in [0.25, 0.3) is 16.9 Å². The summed E-state index contributed by atoms with van der Waals surface area (Å²) in [5, 5.41) is 9.81. The van der Waals surface area contributed by atoms with E-state index >= 15 is 0 Å². The molecule has 0 saturated heterocycles. The van der Waals surface area contributed by atoms with E-state index in [0.717, 1.165) is 22.6 Å². The van der Waals surface area contributed by atoms with Gasteiger partial charge in [-0.05, 0) is 54.6 Å². The van der Waals surface area contributed by atoms with E-state index in [0.29, 0.717) is 5.56 Å². The first kappa shape index (κ1) is 15.0. The topological polar surface area (TPSA) is 62.7 Å². The molecule has 5 heteroatoms. The van der Waals surface area contributed by atoms with Gasteiger partial charge in [-0.15, -0.1) is 0 Å². The Morgan fingerprint density at radius 2 is 1.76 bits per heavy atom. The van der Waals surface area contributed by atoms with Crippen LogP contribution in [0.4, 0.5) is 5.69 Å². The van der Waals surface area contributed by atoms with Crippen LogP contribution in [0.3, 0.4) is 0 Å². The highest BCUT2D eigenvalue weighted by atomic mass is 16.1. The first-order valence-electron chi connectivity index (χ1n) is 7.94. The fourth-order valence-electron chi connectivity index (χ4n) is 2.68. The van der Waals surface area contributed by atoms with Crippen molar-refractivity contribution in [1.82, 2.24) is 14.8 Å². The van der Waals surface area contributed by atoms with Crippen LogP contribution in [-0.2, 0) is 0 Å². The quantitative estimate of drug-likeness (QED) is 0.592. The van der Waals surface area contributed by atoms with Crippen molar-refractivity contribution in [3.05, 3.63) is 90.9 Å². The molecule has 122 valence electrons. The summed E-state index contributed by atoms with van der Waals surface area (Å²) in [7, 11) is 0. The fourth-order valence-corrected chi connectivity index (χ4v) is 2.68. The molecule has 2 aromatic heterocycles. The third-order valence-electron chi connectivity index (χ3n) is 3.96. The Labute approximate surface area is 144 Å². The van der Waals surface area contributed by atoms with Gasteiger partial charge in [-0.1, -0.05) is 12.1 Å². The highest BCUT2D eigenvalue weighted by molar-refractivity contribution is 6.04. The lowest BCUT2D eigenvalue weighted by atomic mass is 10.1. The molecule has 1 amide bonds. The largest absolute Gasteiger partial charge is 0.324 e. The third-order valence-corrected chi connectivity index (χ3v) is 3.96. The molecular formula is C20H16N4O. The van der Waals surface area contributed by atoms with Gasteiger partial charge >= 0.3 is 0 Å². The summed E-state index contributed by atoms with van der Waals surface area (Å²) >= 11 is 0. The molecule has 0 unspecified atom stereocenters. The summed E-state index contributed by atoms with van der Waals surface area (Å²) in [6.07, 6.45) is 5.64. The van der Waals surface area contributed by atoms with Gasteiger partial charge in [0.15, 0.2) is 0 Å². The second-order valence-corrected chi connectivity index (χ2v) is 5.64. The van der Waals surface area contributed by atoms with Crippen molar-refractivity contribution in [1.29, 1.82) is 0 Å². The Morgan fingerprint density at radius 3 is 2.48 bits per heavy atom. The lowest BCUT2D eigenvalue weighted by molar-refractivity contribution is 0.102. The predicted molar refractivity (Wildman–Crippen MR) is 97.7 cm³/mol. The third kappa shape index (κ3) is 3.21. The number of H-pyrrole nitrogens is 1. The van der Waals surface area contributed by atoms with E-state index in [1.54, 1.807) is 6.20 Å². The summed E-state index contributed by atoms with van der Waals surface area (Å²) in [6.45, 7) is 0. The number of nitrogens with zero attached hydrogens (tertiary/aromatic N) is 2. The van der Waals surface area contributed by atoms with Crippen LogP contribution in [0.1, 0.15) is 10.4 Å². The Bertz CT molecular complexity index is 971. The molecule has 0 aliphatic heterocycles. The lowest BCUT2D eigenvalue weighted by Crippen LogP contribution is -2.11. The van der Waals surface area contributed by atoms with Crippen LogP contribution in [0.2, 0.25) is 0 Å². The zero-order valence-electron chi connectivity index (χ0n) is 13.4. The zero-order chi connectivity index (χ0) is 17.1. The SMILES string of the molecule is O=C(Nc1cccc(-c2ccn[nH]2)c1)c1ccc(-n2cccc2)cc1. The summed E-state index contributed by atoms with van der Waals surface area (Å²) < 4.78 is 2.00. The van der Waals surface area contributed by atoms with Crippen molar-refractivity contribution in [2.24, 2.45) is 0 Å². The molecule has 0 atom stereocenters. The number of nitrogens with one attached hydrogen (secondary N) is 2. The molecular weight excluding hydrogens is 312 g/mol. The van der Waals surface area contributed by atoms with Crippen LogP contribution in [0.5, 0.6) is 0 Å². The molecule has 0 radical (unpaired) electrons. The second kappa shape index (κ2) is 6.49. The number of anilines is 1. The number of amides is 1. The van der Waals surface area contributed by atoms with Gasteiger partial charge < -0.3 is 9.88 Å². The van der Waals surface area contributed by atoms with E-state index in [-0.39, 0.29) is 5.91 Å². The van der Waals surface area contributed by atoms with Crippen LogP contribution in [0.15, 0.2) is 85.3 Å². The normalized spacial score (nSPS) is 10.6. The van der Waals surface area contributed by atoms with E-state index in [9.17, 15) is 4.79 Å². The number of aromatic amines is 1. The molecule has 0 aliphatic rings. The van der Waals surface area contributed by atoms with Gasteiger partial charge in [-0.25, -0.2) is 0 Å². The number of hydrogen-bond acceptors (Lipinski definition) is 2. The average Bonchev–Trinajstić information content (AvgIpc) is 3.36. The van der Waals surface area contributed by atoms with Gasteiger partial charge in [-0.3, -0.25) is 9.89 Å². The minimum atomic E-state index is -0.138. The van der Waals surface area contributed by atoms with Crippen LogP contribution >= 0.6 is 0 Å². The van der Waals surface area contributed by atoms with Crippen molar-refractivity contribution in [2.75, 3.05) is 5.32 Å². The van der Waals surface area contributed by atoms with Gasteiger partial charge in [0.25, 0.3) is 5.91 Å². The number of hydrogen-bond donors (Lipinski definition) is 2. The molecule has 5 nitrogen and oxygen atoms in total. The van der Waals surface area contributed by atoms with Gasteiger partial charge in [-0.2, -0.15) is 5.10 Å². The molecule has 0 bridgehead atoms. The summed E-state index contributed by atoms with van der Waals surface area (Å²) in [6, 6.07) is 21.0. The molecule has 4 rings (SSSR count). The van der Waals surface area contributed by atoms with Gasteiger partial charge in [0.2, 0.25) is 0 Å². The molecule has 25 heavy (non-hydrogen) atoms. The molecule has 2 N–H and O–H groups in total. The van der Waals surface area contributed by atoms with E-state index in [2.05, 4.69) is 15.5 Å². The van der Waals surface area contributed by atoms with Crippen LogP contribution in [-0.4, -0.2) is 20.7 Å². The summed E-state index contributed by atoms with van der Waals surface area (Å²) in [5.74, 6) is -0.138. The highest BCUT2D eigenvalue weighted by Crippen LogP contribution is 2.21. The van der Waals surface area contributed by atoms with Crippen molar-refractivity contribution >= 4 is 11.6 Å². The van der Waals surface area contributed by atoms with Crippen molar-refractivity contribution < 1.29 is 4.79 Å². The first-order chi connectivity index (χ1) is 12.3. The molecule has 4 aromatic rings. The number of rotatable bonds is 4. The van der Waals surface area contributed by atoms with Gasteiger partial charge in [0.05, 0.1) is 5.69 Å². The lowest BCUT2D eigenvalue weighted by Gasteiger charge is -2.08. The summed E-state index contributed by atoms with van der Waals surface area (Å²) in [4.78, 5) is 12.5. The van der Waals surface area contributed by atoms with Crippen molar-refractivity contribution in [3.8, 4) is 16.9 Å². The molecule has 0 fully saturated rings. The first-order valence-corrected chi connectivity index (χ1v) is 7.94. The van der Waals surface area contributed by atoms with E-state index in [1.165, 1.54) is 0 Å². The number of aromatic nitrogens is 3. The maximum atomic E-state index is 12.5. The summed E-state index contributed by atoms with van der Waals surface area (Å²) in [5.41, 5.74) is 4.25. The molecule has 2 aromatic carbocycles. The molecule has 0 aliphatic carbocycles. The Morgan fingerprint density at radius 1 is 0.960 bits per heavy atom. The van der Waals surface area contributed by atoms with Crippen LogP contribution in [0, 0.1) is 0 Å². The Balaban J connectivity index is 1.51. The number of benzene rings is 2. The maximum absolute atomic E-state index is 12.5. The van der Waals surface area contributed by atoms with Crippen molar-refractivity contribution in [2.45, 2.75) is 0 Å². The Kier molecular flexibility index (Phi) is 3.88. The van der Waals surface area contributed by atoms with E-state index in [1.807, 2.05) is 83.7 Å². The van der Waals surface area contributed by atoms with Crippen LogP contribution < -0.4 is 5.32 Å².